The van der Waals surface area contributed by atoms with Crippen molar-refractivity contribution in [2.45, 2.75) is 25.9 Å². The van der Waals surface area contributed by atoms with Crippen molar-refractivity contribution >= 4 is 34.4 Å². The molecule has 0 spiro atoms. The molecule has 41 heavy (non-hydrogen) atoms. The number of benzene rings is 2. The number of carbonyl (C=O) groups excluding carboxylic acids is 1. The second-order valence-corrected chi connectivity index (χ2v) is 10.1. The Morgan fingerprint density at radius 3 is 2.51 bits per heavy atom. The van der Waals surface area contributed by atoms with E-state index in [2.05, 4.69) is 32.4 Å². The van der Waals surface area contributed by atoms with Gasteiger partial charge in [-0.2, -0.15) is 13.2 Å². The van der Waals surface area contributed by atoms with Gasteiger partial charge in [-0.1, -0.05) is 6.92 Å². The van der Waals surface area contributed by atoms with E-state index in [9.17, 15) is 26.7 Å². The first kappa shape index (κ1) is 28.3. The molecule has 3 heterocycles. The second kappa shape index (κ2) is 11.3. The minimum atomic E-state index is -4.99. The highest BCUT2D eigenvalue weighted by Crippen LogP contribution is 2.35. The smallest absolute Gasteiger partial charge is 0.419 e. The number of fused-ring (bicyclic) bond motifs is 1. The molecule has 0 radical (unpaired) electrons. The molecule has 4 aromatic rings. The average Bonchev–Trinajstić information content (AvgIpc) is 3.20. The lowest BCUT2D eigenvalue weighted by molar-refractivity contribution is -0.140. The van der Waals surface area contributed by atoms with Crippen LogP contribution in [0, 0.1) is 17.6 Å². The maximum Gasteiger partial charge on any atom is 0.419 e. The summed E-state index contributed by atoms with van der Waals surface area (Å²) in [6.07, 6.45) is -1.36. The lowest BCUT2D eigenvalue weighted by atomic mass is 9.99. The summed E-state index contributed by atoms with van der Waals surface area (Å²) in [7, 11) is 1.59. The van der Waals surface area contributed by atoms with Crippen molar-refractivity contribution < 1.29 is 31.5 Å². The fraction of sp³-hybridized carbons (Fsp3) is 0.321. The van der Waals surface area contributed by atoms with E-state index in [-0.39, 0.29) is 24.5 Å². The molecular weight excluding hydrogens is 547 g/mol. The zero-order valence-electron chi connectivity index (χ0n) is 22.2. The highest BCUT2D eigenvalue weighted by atomic mass is 19.4. The normalized spacial score (nSPS) is 14.8. The predicted octanol–water partition coefficient (Wildman–Crippen LogP) is 6.47. The number of pyridine rings is 1. The number of imidazole rings is 1. The van der Waals surface area contributed by atoms with Crippen LogP contribution in [-0.2, 0) is 18.0 Å². The standard InChI is InChI=1S/C28H27F5N6O2/c1-16-6-9-39(10-7-16)15-26(40)37-25-12-18(5-8-34-25)41-17-3-4-24-23(11-17)36-27(38(24)2)35-22-13-19(28(31,32)33)20(29)14-21(22)30/h3-5,8,11-14,16H,6-7,9-10,15H2,1-2H3,(H,35,36)(H,34,37,40). The van der Waals surface area contributed by atoms with Crippen LogP contribution in [0.15, 0.2) is 48.7 Å². The Bertz CT molecular complexity index is 1580. The van der Waals surface area contributed by atoms with Gasteiger partial charge in [0.15, 0.2) is 0 Å². The number of nitrogens with zero attached hydrogens (tertiary/aromatic N) is 4. The minimum Gasteiger partial charge on any atom is -0.457 e. The quantitative estimate of drug-likeness (QED) is 0.246. The number of hydrogen-bond donors (Lipinski definition) is 2. The number of aryl methyl sites for hydroxylation is 1. The van der Waals surface area contributed by atoms with E-state index in [0.717, 1.165) is 25.9 Å². The fourth-order valence-corrected chi connectivity index (χ4v) is 4.62. The average molecular weight is 575 g/mol. The molecule has 2 N–H and O–H groups in total. The van der Waals surface area contributed by atoms with Crippen LogP contribution in [0.2, 0.25) is 0 Å². The number of carbonyl (C=O) groups is 1. The van der Waals surface area contributed by atoms with E-state index in [4.69, 9.17) is 4.74 Å². The van der Waals surface area contributed by atoms with E-state index < -0.39 is 29.1 Å². The lowest BCUT2D eigenvalue weighted by Crippen LogP contribution is -2.38. The van der Waals surface area contributed by atoms with E-state index in [1.165, 1.54) is 10.8 Å². The van der Waals surface area contributed by atoms with Gasteiger partial charge in [-0.25, -0.2) is 18.7 Å². The first-order valence-electron chi connectivity index (χ1n) is 12.9. The van der Waals surface area contributed by atoms with Crippen molar-refractivity contribution in [3.05, 3.63) is 65.9 Å². The molecule has 1 aliphatic rings. The maximum absolute atomic E-state index is 14.3. The molecule has 1 aliphatic heterocycles. The summed E-state index contributed by atoms with van der Waals surface area (Å²) in [4.78, 5) is 23.1. The molecule has 0 aliphatic carbocycles. The zero-order chi connectivity index (χ0) is 29.3. The summed E-state index contributed by atoms with van der Waals surface area (Å²) >= 11 is 0. The number of halogens is 5. The van der Waals surface area contributed by atoms with Crippen LogP contribution in [0.3, 0.4) is 0 Å². The van der Waals surface area contributed by atoms with E-state index >= 15 is 0 Å². The number of alkyl halides is 3. The molecular formula is C28H27F5N6O2. The Balaban J connectivity index is 1.29. The van der Waals surface area contributed by atoms with Crippen LogP contribution < -0.4 is 15.4 Å². The minimum absolute atomic E-state index is 0.0351. The summed E-state index contributed by atoms with van der Waals surface area (Å²) in [6, 6.07) is 8.68. The van der Waals surface area contributed by atoms with Gasteiger partial charge in [-0.05, 0) is 56.1 Å². The number of hydrogen-bond acceptors (Lipinski definition) is 6. The molecule has 0 atom stereocenters. The molecule has 2 aromatic heterocycles. The topological polar surface area (TPSA) is 84.3 Å². The molecule has 216 valence electrons. The number of rotatable bonds is 7. The van der Waals surface area contributed by atoms with Crippen LogP contribution in [0.25, 0.3) is 11.0 Å². The molecule has 5 rings (SSSR count). The van der Waals surface area contributed by atoms with Gasteiger partial charge in [0, 0.05) is 31.4 Å². The Kier molecular flexibility index (Phi) is 7.80. The van der Waals surface area contributed by atoms with Crippen molar-refractivity contribution in [3.63, 3.8) is 0 Å². The number of amides is 1. The van der Waals surface area contributed by atoms with Gasteiger partial charge >= 0.3 is 6.18 Å². The first-order chi connectivity index (χ1) is 19.5. The summed E-state index contributed by atoms with van der Waals surface area (Å²) in [6.45, 7) is 4.25. The first-order valence-corrected chi connectivity index (χ1v) is 12.9. The lowest BCUT2D eigenvalue weighted by Gasteiger charge is -2.29. The van der Waals surface area contributed by atoms with Gasteiger partial charge in [0.05, 0.1) is 28.8 Å². The number of aromatic nitrogens is 3. The van der Waals surface area contributed by atoms with Crippen LogP contribution in [0.4, 0.5) is 39.4 Å². The molecule has 8 nitrogen and oxygen atoms in total. The highest BCUT2D eigenvalue weighted by Gasteiger charge is 2.35. The SMILES string of the molecule is CC1CCN(CC(=O)Nc2cc(Oc3ccc4c(c3)nc(Nc3cc(C(F)(F)F)c(F)cc3F)n4C)ccn2)CC1. The number of ether oxygens (including phenoxy) is 1. The largest absolute Gasteiger partial charge is 0.457 e. The summed E-state index contributed by atoms with van der Waals surface area (Å²) in [5, 5.41) is 5.30. The third-order valence-corrected chi connectivity index (χ3v) is 6.94. The van der Waals surface area contributed by atoms with Crippen molar-refractivity contribution in [2.24, 2.45) is 13.0 Å². The maximum atomic E-state index is 14.3. The monoisotopic (exact) mass is 574 g/mol. The predicted molar refractivity (Wildman–Crippen MR) is 143 cm³/mol. The van der Waals surface area contributed by atoms with Crippen molar-refractivity contribution in [2.75, 3.05) is 30.3 Å². The third-order valence-electron chi connectivity index (χ3n) is 6.94. The second-order valence-electron chi connectivity index (χ2n) is 10.1. The Morgan fingerprint density at radius 1 is 1.05 bits per heavy atom. The van der Waals surface area contributed by atoms with Crippen molar-refractivity contribution in [3.8, 4) is 11.5 Å². The molecule has 13 heteroatoms. The van der Waals surface area contributed by atoms with Crippen LogP contribution in [0.5, 0.6) is 11.5 Å². The number of anilines is 3. The van der Waals surface area contributed by atoms with Gasteiger partial charge in [0.25, 0.3) is 0 Å². The molecule has 0 unspecified atom stereocenters. The van der Waals surface area contributed by atoms with Gasteiger partial charge in [0.1, 0.15) is 29.0 Å². The van der Waals surface area contributed by atoms with Crippen molar-refractivity contribution in [1.29, 1.82) is 0 Å². The number of piperidine rings is 1. The third kappa shape index (κ3) is 6.56. The Morgan fingerprint density at radius 2 is 1.78 bits per heavy atom. The van der Waals surface area contributed by atoms with Crippen molar-refractivity contribution in [1.82, 2.24) is 19.4 Å². The number of likely N-dealkylation sites (tertiary alicyclic amines) is 1. The molecule has 1 saturated heterocycles. The van der Waals surface area contributed by atoms with Gasteiger partial charge < -0.3 is 19.9 Å². The summed E-state index contributed by atoms with van der Waals surface area (Å²) < 4.78 is 74.7. The Hall–Kier alpha value is -4.26. The molecule has 2 aromatic carbocycles. The molecule has 0 saturated carbocycles. The number of nitrogens with one attached hydrogen (secondary N) is 2. The Labute approximate surface area is 232 Å². The van der Waals surface area contributed by atoms with Gasteiger partial charge in [0.2, 0.25) is 11.9 Å². The molecule has 1 amide bonds. The summed E-state index contributed by atoms with van der Waals surface area (Å²) in [5.74, 6) is -1.23. The van der Waals surface area contributed by atoms with E-state index in [0.29, 0.717) is 40.3 Å². The van der Waals surface area contributed by atoms with Crippen LogP contribution in [-0.4, -0.2) is 45.0 Å². The molecule has 0 bridgehead atoms. The highest BCUT2D eigenvalue weighted by molar-refractivity contribution is 5.91. The summed E-state index contributed by atoms with van der Waals surface area (Å²) in [5.41, 5.74) is -1.18. The van der Waals surface area contributed by atoms with E-state index in [1.807, 2.05) is 0 Å². The van der Waals surface area contributed by atoms with Crippen LogP contribution >= 0.6 is 0 Å². The zero-order valence-corrected chi connectivity index (χ0v) is 22.2. The van der Waals surface area contributed by atoms with Gasteiger partial charge in [-0.15, -0.1) is 0 Å². The fourth-order valence-electron chi connectivity index (χ4n) is 4.62. The van der Waals surface area contributed by atoms with E-state index in [1.54, 1.807) is 37.4 Å². The molecule has 1 fully saturated rings. The van der Waals surface area contributed by atoms with Crippen LogP contribution in [0.1, 0.15) is 25.3 Å². The van der Waals surface area contributed by atoms with Gasteiger partial charge in [-0.3, -0.25) is 9.69 Å².